The highest BCUT2D eigenvalue weighted by molar-refractivity contribution is 7.89. The Morgan fingerprint density at radius 1 is 1.29 bits per heavy atom. The Morgan fingerprint density at radius 2 is 1.95 bits per heavy atom. The van der Waals surface area contributed by atoms with Gasteiger partial charge >= 0.3 is 6.18 Å². The minimum Gasteiger partial charge on any atom is -0.208 e. The molecule has 8 heteroatoms. The van der Waals surface area contributed by atoms with Crippen LogP contribution in [0, 0.1) is 5.92 Å². The third kappa shape index (κ3) is 3.90. The van der Waals surface area contributed by atoms with Crippen molar-refractivity contribution in [3.8, 4) is 0 Å². The van der Waals surface area contributed by atoms with Gasteiger partial charge in [0.15, 0.2) is 0 Å². The second-order valence-electron chi connectivity index (χ2n) is 5.38. The van der Waals surface area contributed by atoms with Crippen LogP contribution in [0.15, 0.2) is 23.1 Å². The Balaban J connectivity index is 2.31. The minimum atomic E-state index is -4.61. The summed E-state index contributed by atoms with van der Waals surface area (Å²) in [5.41, 5.74) is -1.04. The fourth-order valence-corrected chi connectivity index (χ4v) is 4.29. The molecule has 1 aliphatic rings. The van der Waals surface area contributed by atoms with E-state index in [1.54, 1.807) is 0 Å². The minimum absolute atomic E-state index is 0.221. The average Bonchev–Trinajstić information content (AvgIpc) is 2.72. The SMILES string of the molecule is CC1CCC(NS(=O)(=O)c2cc(C(F)(F)F)ccc2Cl)C1. The first-order valence-corrected chi connectivity index (χ1v) is 8.35. The standard InChI is InChI=1S/C13H15ClF3NO2S/c1-8-2-4-10(6-8)18-21(19,20)12-7-9(13(15,16)17)3-5-11(12)14/h3,5,7-8,10,18H,2,4,6H2,1H3. The monoisotopic (exact) mass is 341 g/mol. The normalized spacial score (nSPS) is 23.5. The first-order chi connectivity index (χ1) is 9.59. The zero-order valence-corrected chi connectivity index (χ0v) is 12.8. The van der Waals surface area contributed by atoms with Crippen molar-refractivity contribution >= 4 is 21.6 Å². The predicted molar refractivity (Wildman–Crippen MR) is 73.6 cm³/mol. The van der Waals surface area contributed by atoms with Crippen molar-refractivity contribution in [2.75, 3.05) is 0 Å². The smallest absolute Gasteiger partial charge is 0.208 e. The molecule has 0 spiro atoms. The molecule has 21 heavy (non-hydrogen) atoms. The number of hydrogen-bond donors (Lipinski definition) is 1. The van der Waals surface area contributed by atoms with E-state index >= 15 is 0 Å². The molecule has 2 atom stereocenters. The molecule has 3 nitrogen and oxygen atoms in total. The zero-order valence-electron chi connectivity index (χ0n) is 11.2. The van der Waals surface area contributed by atoms with Gasteiger partial charge in [0.1, 0.15) is 4.90 Å². The van der Waals surface area contributed by atoms with Crippen molar-refractivity contribution in [1.82, 2.24) is 4.72 Å². The predicted octanol–water partition coefficient (Wildman–Crippen LogP) is 3.83. The van der Waals surface area contributed by atoms with E-state index in [0.717, 1.165) is 18.6 Å². The van der Waals surface area contributed by atoms with E-state index in [0.29, 0.717) is 24.8 Å². The highest BCUT2D eigenvalue weighted by atomic mass is 35.5. The lowest BCUT2D eigenvalue weighted by Crippen LogP contribution is -2.33. The fourth-order valence-electron chi connectivity index (χ4n) is 2.48. The first kappa shape index (κ1) is 16.6. The molecule has 2 rings (SSSR count). The van der Waals surface area contributed by atoms with Gasteiger partial charge < -0.3 is 0 Å². The van der Waals surface area contributed by atoms with Crippen LogP contribution in [0.5, 0.6) is 0 Å². The second-order valence-corrected chi connectivity index (χ2v) is 7.47. The van der Waals surface area contributed by atoms with Crippen molar-refractivity contribution < 1.29 is 21.6 Å². The van der Waals surface area contributed by atoms with Crippen molar-refractivity contribution in [2.45, 2.75) is 43.3 Å². The third-order valence-electron chi connectivity index (χ3n) is 3.56. The molecular formula is C13H15ClF3NO2S. The van der Waals surface area contributed by atoms with Crippen molar-refractivity contribution in [3.05, 3.63) is 28.8 Å². The van der Waals surface area contributed by atoms with E-state index in [9.17, 15) is 21.6 Å². The van der Waals surface area contributed by atoms with Gasteiger partial charge in [-0.1, -0.05) is 18.5 Å². The summed E-state index contributed by atoms with van der Waals surface area (Å²) in [6.45, 7) is 2.01. The summed E-state index contributed by atoms with van der Waals surface area (Å²) in [6.07, 6.45) is -2.37. The molecule has 2 unspecified atom stereocenters. The highest BCUT2D eigenvalue weighted by Gasteiger charge is 2.33. The van der Waals surface area contributed by atoms with Crippen LogP contribution >= 0.6 is 11.6 Å². The molecule has 0 aliphatic heterocycles. The van der Waals surface area contributed by atoms with Gasteiger partial charge in [0, 0.05) is 6.04 Å². The van der Waals surface area contributed by atoms with Crippen molar-refractivity contribution in [2.24, 2.45) is 5.92 Å². The third-order valence-corrected chi connectivity index (χ3v) is 5.57. The van der Waals surface area contributed by atoms with Crippen LogP contribution in [0.3, 0.4) is 0 Å². The number of halogens is 4. The van der Waals surface area contributed by atoms with E-state index in [4.69, 9.17) is 11.6 Å². The molecule has 1 N–H and O–H groups in total. The van der Waals surface area contributed by atoms with E-state index in [1.807, 2.05) is 6.92 Å². The number of hydrogen-bond acceptors (Lipinski definition) is 2. The van der Waals surface area contributed by atoms with Gasteiger partial charge in [-0.2, -0.15) is 13.2 Å². The molecule has 0 bridgehead atoms. The molecule has 1 fully saturated rings. The van der Waals surface area contributed by atoms with Crippen molar-refractivity contribution in [3.63, 3.8) is 0 Å². The Morgan fingerprint density at radius 3 is 2.48 bits per heavy atom. The maximum Gasteiger partial charge on any atom is 0.416 e. The molecule has 1 aromatic rings. The summed E-state index contributed by atoms with van der Waals surface area (Å²) >= 11 is 5.76. The summed E-state index contributed by atoms with van der Waals surface area (Å²) in [5.74, 6) is 0.398. The number of alkyl halides is 3. The van der Waals surface area contributed by atoms with Gasteiger partial charge in [0.25, 0.3) is 0 Å². The van der Waals surface area contributed by atoms with Gasteiger partial charge in [-0.15, -0.1) is 0 Å². The molecule has 1 saturated carbocycles. The molecule has 1 aliphatic carbocycles. The fraction of sp³-hybridized carbons (Fsp3) is 0.538. The lowest BCUT2D eigenvalue weighted by molar-refractivity contribution is -0.137. The highest BCUT2D eigenvalue weighted by Crippen LogP contribution is 2.34. The molecule has 118 valence electrons. The Labute approximate surface area is 126 Å². The summed E-state index contributed by atoms with van der Waals surface area (Å²) < 4.78 is 65.0. The Bertz CT molecular complexity index is 631. The van der Waals surface area contributed by atoms with Gasteiger partial charge in [-0.25, -0.2) is 13.1 Å². The van der Waals surface area contributed by atoms with E-state index in [1.165, 1.54) is 0 Å². The lowest BCUT2D eigenvalue weighted by atomic mass is 10.1. The van der Waals surface area contributed by atoms with Gasteiger partial charge in [-0.3, -0.25) is 0 Å². The molecule has 0 saturated heterocycles. The largest absolute Gasteiger partial charge is 0.416 e. The van der Waals surface area contributed by atoms with E-state index < -0.39 is 26.7 Å². The van der Waals surface area contributed by atoms with Crippen LogP contribution in [0.4, 0.5) is 13.2 Å². The number of benzene rings is 1. The molecule has 1 aromatic carbocycles. The second kappa shape index (κ2) is 5.78. The van der Waals surface area contributed by atoms with Crippen LogP contribution in [0.25, 0.3) is 0 Å². The molecule has 0 aromatic heterocycles. The maximum atomic E-state index is 12.7. The van der Waals surface area contributed by atoms with Crippen LogP contribution in [-0.2, 0) is 16.2 Å². The van der Waals surface area contributed by atoms with Gasteiger partial charge in [0.05, 0.1) is 10.6 Å². The van der Waals surface area contributed by atoms with E-state index in [2.05, 4.69) is 4.72 Å². The summed E-state index contributed by atoms with van der Waals surface area (Å²) in [5, 5.41) is -0.221. The van der Waals surface area contributed by atoms with Crippen LogP contribution in [0.2, 0.25) is 5.02 Å². The molecular weight excluding hydrogens is 327 g/mol. The quantitative estimate of drug-likeness (QED) is 0.908. The molecule has 0 amide bonds. The number of rotatable bonds is 3. The Hall–Kier alpha value is -0.790. The van der Waals surface area contributed by atoms with Gasteiger partial charge in [0.2, 0.25) is 10.0 Å². The van der Waals surface area contributed by atoms with Crippen LogP contribution in [0.1, 0.15) is 31.7 Å². The van der Waals surface area contributed by atoms with Crippen LogP contribution in [-0.4, -0.2) is 14.5 Å². The van der Waals surface area contributed by atoms with Gasteiger partial charge in [-0.05, 0) is 43.4 Å². The number of nitrogens with one attached hydrogen (secondary N) is 1. The summed E-state index contributed by atoms with van der Waals surface area (Å²) in [6, 6.07) is 2.04. The Kier molecular flexibility index (Phi) is 4.56. The maximum absolute atomic E-state index is 12.7. The summed E-state index contributed by atoms with van der Waals surface area (Å²) in [7, 11) is -4.06. The summed E-state index contributed by atoms with van der Waals surface area (Å²) in [4.78, 5) is -0.529. The van der Waals surface area contributed by atoms with Crippen LogP contribution < -0.4 is 4.72 Å². The molecule has 0 radical (unpaired) electrons. The van der Waals surface area contributed by atoms with Crippen molar-refractivity contribution in [1.29, 1.82) is 0 Å². The zero-order chi connectivity index (χ0) is 15.8. The lowest BCUT2D eigenvalue weighted by Gasteiger charge is -2.15. The average molecular weight is 342 g/mol. The first-order valence-electron chi connectivity index (χ1n) is 6.48. The van der Waals surface area contributed by atoms with E-state index in [-0.39, 0.29) is 11.1 Å². The topological polar surface area (TPSA) is 46.2 Å². The number of sulfonamides is 1. The molecule has 0 heterocycles.